The molecule has 0 saturated carbocycles. The van der Waals surface area contributed by atoms with Gasteiger partial charge in [-0.2, -0.15) is 8.60 Å². The van der Waals surface area contributed by atoms with Crippen LogP contribution >= 0.6 is 8.60 Å². The summed E-state index contributed by atoms with van der Waals surface area (Å²) in [6.45, 7) is 9.78. The second-order valence-electron chi connectivity index (χ2n) is 5.05. The Balaban J connectivity index is 0.000000375. The third-order valence-electron chi connectivity index (χ3n) is 3.17. The Morgan fingerprint density at radius 3 is 1.50 bits per heavy atom. The fourth-order valence-electron chi connectivity index (χ4n) is 1.85. The fourth-order valence-corrected chi connectivity index (χ4v) is 2.06. The lowest BCUT2D eigenvalue weighted by Crippen LogP contribution is -2.32. The normalized spacial score (nSPS) is 10.2. The predicted octanol–water partition coefficient (Wildman–Crippen LogP) is -1.45. The highest BCUT2D eigenvalue weighted by molar-refractivity contribution is 7.36. The molecule has 0 unspecified atom stereocenters. The van der Waals surface area contributed by atoms with E-state index in [0.717, 1.165) is 13.1 Å². The van der Waals surface area contributed by atoms with Crippen LogP contribution in [-0.2, 0) is 30.7 Å². The first kappa shape index (κ1) is 24.7. The summed E-state index contributed by atoms with van der Waals surface area (Å²) in [5.74, 6) is 0. The quantitative estimate of drug-likeness (QED) is 0.423. The molecule has 0 amide bonds. The summed E-state index contributed by atoms with van der Waals surface area (Å²) in [5.41, 5.74) is 0. The largest absolute Gasteiger partial charge is 0.820 e. The Labute approximate surface area is 156 Å². The molecule has 0 aliphatic heterocycles. The van der Waals surface area contributed by atoms with Crippen LogP contribution in [0.4, 0.5) is 0 Å². The van der Waals surface area contributed by atoms with Gasteiger partial charge in [0.1, 0.15) is 37.9 Å². The summed E-state index contributed by atoms with van der Waals surface area (Å²) in [6, 6.07) is 0. The number of rotatable bonds is 8. The number of hydrogen-bond donors (Lipinski definition) is 2. The summed E-state index contributed by atoms with van der Waals surface area (Å²) in [4.78, 5) is 18.8. The average molecular weight is 390 g/mol. The first-order valence-corrected chi connectivity index (χ1v) is 9.68. The molecule has 0 saturated heterocycles. The molecule has 0 atom stereocenters. The van der Waals surface area contributed by atoms with E-state index >= 15 is 0 Å². The topological polar surface area (TPSA) is 113 Å². The van der Waals surface area contributed by atoms with E-state index in [1.165, 1.54) is 0 Å². The molecular formula is C16H31N4O5P. The van der Waals surface area contributed by atoms with E-state index in [1.54, 1.807) is 6.92 Å². The van der Waals surface area contributed by atoms with Gasteiger partial charge in [0.15, 0.2) is 0 Å². The molecule has 0 aliphatic rings. The van der Waals surface area contributed by atoms with Crippen molar-refractivity contribution in [2.24, 2.45) is 0 Å². The lowest BCUT2D eigenvalue weighted by molar-refractivity contribution is -0.697. The number of aryl methyl sites for hydroxylation is 2. The molecule has 0 radical (unpaired) electrons. The van der Waals surface area contributed by atoms with Crippen LogP contribution in [0.5, 0.6) is 0 Å². The molecule has 2 aromatic heterocycles. The second kappa shape index (κ2) is 15.9. The van der Waals surface area contributed by atoms with Crippen molar-refractivity contribution in [2.75, 3.05) is 19.8 Å². The van der Waals surface area contributed by atoms with E-state index < -0.39 is 8.60 Å². The highest BCUT2D eigenvalue weighted by Crippen LogP contribution is 2.10. The van der Waals surface area contributed by atoms with Gasteiger partial charge in [-0.15, -0.1) is 0 Å². The van der Waals surface area contributed by atoms with Gasteiger partial charge in [0, 0.05) is 6.61 Å². The van der Waals surface area contributed by atoms with E-state index in [2.05, 4.69) is 27.5 Å². The van der Waals surface area contributed by atoms with Gasteiger partial charge in [-0.1, -0.05) is 0 Å². The summed E-state index contributed by atoms with van der Waals surface area (Å²) >= 11 is 0. The monoisotopic (exact) mass is 390 g/mol. The number of aliphatic hydroxyl groups excluding tert-OH is 2. The standard InChI is InChI=1S/2C7H13N2O.C2H5O3P/c2*1-2-8-3-4-9(7-8)5-6-10;1-2-5-6(3)4/h2*3-4,7,10H,2,5-6H2,1H3;2H2,1H3/q2*+1;-2. The molecule has 2 rings (SSSR count). The molecule has 2 heterocycles. The summed E-state index contributed by atoms with van der Waals surface area (Å²) < 4.78 is 12.0. The van der Waals surface area contributed by atoms with E-state index in [9.17, 15) is 9.79 Å². The third kappa shape index (κ3) is 12.1. The molecule has 0 bridgehead atoms. The third-order valence-corrected chi connectivity index (χ3v) is 3.64. The molecule has 2 N–H and O–H groups in total. The van der Waals surface area contributed by atoms with Crippen LogP contribution in [0.15, 0.2) is 37.4 Å². The van der Waals surface area contributed by atoms with Crippen LogP contribution in [0.3, 0.4) is 0 Å². The zero-order chi connectivity index (χ0) is 19.8. The average Bonchev–Trinajstić information content (AvgIpc) is 3.26. The Bertz CT molecular complexity index is 518. The van der Waals surface area contributed by atoms with Gasteiger partial charge in [-0.25, -0.2) is 18.3 Å². The van der Waals surface area contributed by atoms with Crippen LogP contribution in [0.2, 0.25) is 0 Å². The first-order chi connectivity index (χ1) is 12.5. The molecule has 0 spiro atoms. The van der Waals surface area contributed by atoms with Crippen molar-refractivity contribution < 1.29 is 33.7 Å². The van der Waals surface area contributed by atoms with Crippen molar-refractivity contribution in [1.29, 1.82) is 0 Å². The summed E-state index contributed by atoms with van der Waals surface area (Å²) in [7, 11) is -2.60. The van der Waals surface area contributed by atoms with Gasteiger partial charge in [-0.05, 0) is 20.8 Å². The molecule has 26 heavy (non-hydrogen) atoms. The van der Waals surface area contributed by atoms with Crippen molar-refractivity contribution in [3.63, 3.8) is 0 Å². The van der Waals surface area contributed by atoms with Gasteiger partial charge in [-0.3, -0.25) is 0 Å². The van der Waals surface area contributed by atoms with Crippen molar-refractivity contribution >= 4 is 8.60 Å². The lowest BCUT2D eigenvalue weighted by atomic mass is 10.7. The smallest absolute Gasteiger partial charge is 0.243 e. The van der Waals surface area contributed by atoms with Crippen molar-refractivity contribution in [2.45, 2.75) is 47.0 Å². The van der Waals surface area contributed by atoms with Gasteiger partial charge >= 0.3 is 0 Å². The zero-order valence-corrected chi connectivity index (χ0v) is 16.7. The maximum absolute atomic E-state index is 9.41. The van der Waals surface area contributed by atoms with E-state index in [4.69, 9.17) is 10.2 Å². The molecular weight excluding hydrogens is 359 g/mol. The Kier molecular flexibility index (Phi) is 15.0. The Morgan fingerprint density at radius 2 is 1.31 bits per heavy atom. The van der Waals surface area contributed by atoms with Crippen LogP contribution in [0.25, 0.3) is 0 Å². The van der Waals surface area contributed by atoms with E-state index in [-0.39, 0.29) is 19.8 Å². The van der Waals surface area contributed by atoms with Crippen molar-refractivity contribution in [3.8, 4) is 0 Å². The second-order valence-corrected chi connectivity index (χ2v) is 5.76. The minimum absolute atomic E-state index is 0.207. The maximum Gasteiger partial charge on any atom is 0.243 e. The maximum atomic E-state index is 9.41. The SMILES string of the molecule is CCOP([O-])[O-].CCn1cc[n+](CCO)c1.CCn1cc[n+](CCO)c1. The predicted molar refractivity (Wildman–Crippen MR) is 93.3 cm³/mol. The van der Waals surface area contributed by atoms with Gasteiger partial charge in [0.2, 0.25) is 12.7 Å². The van der Waals surface area contributed by atoms with Crippen molar-refractivity contribution in [1.82, 2.24) is 9.13 Å². The van der Waals surface area contributed by atoms with Gasteiger partial charge in [0.05, 0.1) is 26.3 Å². The van der Waals surface area contributed by atoms with Crippen LogP contribution in [0.1, 0.15) is 20.8 Å². The molecule has 10 heteroatoms. The molecule has 0 aliphatic carbocycles. The van der Waals surface area contributed by atoms with Crippen molar-refractivity contribution in [3.05, 3.63) is 37.4 Å². The lowest BCUT2D eigenvalue weighted by Gasteiger charge is -2.27. The molecule has 0 aromatic carbocycles. The molecule has 0 fully saturated rings. The van der Waals surface area contributed by atoms with Gasteiger partial charge < -0.3 is 24.5 Å². The highest BCUT2D eigenvalue weighted by Gasteiger charge is 1.99. The Hall–Kier alpha value is -1.35. The number of aliphatic hydroxyl groups is 2. The number of nitrogens with zero attached hydrogens (tertiary/aromatic N) is 4. The number of hydrogen-bond acceptors (Lipinski definition) is 5. The summed E-state index contributed by atoms with van der Waals surface area (Å²) in [5, 5.41) is 17.1. The fraction of sp³-hybridized carbons (Fsp3) is 0.625. The Morgan fingerprint density at radius 1 is 0.885 bits per heavy atom. The van der Waals surface area contributed by atoms with E-state index in [1.807, 2.05) is 46.6 Å². The number of aromatic nitrogens is 4. The minimum Gasteiger partial charge on any atom is -0.820 e. The number of imidazole rings is 2. The highest BCUT2D eigenvalue weighted by atomic mass is 31.2. The van der Waals surface area contributed by atoms with Crippen LogP contribution in [0, 0.1) is 0 Å². The zero-order valence-electron chi connectivity index (χ0n) is 15.8. The minimum atomic E-state index is -2.60. The van der Waals surface area contributed by atoms with E-state index in [0.29, 0.717) is 13.1 Å². The molecule has 2 aromatic rings. The first-order valence-electron chi connectivity index (χ1n) is 8.59. The summed E-state index contributed by atoms with van der Waals surface area (Å²) in [6.07, 6.45) is 11.9. The van der Waals surface area contributed by atoms with Gasteiger partial charge in [0.25, 0.3) is 0 Å². The van der Waals surface area contributed by atoms with Crippen LogP contribution in [-0.4, -0.2) is 39.2 Å². The molecule has 150 valence electrons. The van der Waals surface area contributed by atoms with Crippen LogP contribution < -0.4 is 18.9 Å². The molecule has 9 nitrogen and oxygen atoms in total.